The van der Waals surface area contributed by atoms with Crippen molar-refractivity contribution in [2.45, 2.75) is 6.92 Å². The number of hydrogen-bond donors (Lipinski definition) is 2. The van der Waals surface area contributed by atoms with Crippen LogP contribution in [-0.4, -0.2) is 10.1 Å². The van der Waals surface area contributed by atoms with Crippen molar-refractivity contribution in [1.29, 1.82) is 0 Å². The highest BCUT2D eigenvalue weighted by Crippen LogP contribution is 2.10. The minimum Gasteiger partial charge on any atom is -0.376 e. The monoisotopic (exact) mass is 167 g/mol. The normalized spacial score (nSPS) is 9.18. The van der Waals surface area contributed by atoms with Gasteiger partial charge >= 0.3 is 0 Å². The van der Waals surface area contributed by atoms with Gasteiger partial charge in [0, 0.05) is 6.20 Å². The molecule has 1 rings (SSSR count). The van der Waals surface area contributed by atoms with Gasteiger partial charge in [-0.05, 0) is 30.8 Å². The van der Waals surface area contributed by atoms with Crippen LogP contribution in [0.3, 0.4) is 0 Å². The Balaban J connectivity index is 2.86. The van der Waals surface area contributed by atoms with E-state index in [1.165, 1.54) is 0 Å². The first-order valence-corrected chi connectivity index (χ1v) is 3.58. The van der Waals surface area contributed by atoms with Crippen LogP contribution in [0.4, 0.5) is 5.69 Å². The lowest BCUT2D eigenvalue weighted by Gasteiger charge is -2.04. The first-order valence-electron chi connectivity index (χ1n) is 3.17. The van der Waals surface area contributed by atoms with E-state index in [9.17, 15) is 0 Å². The lowest BCUT2D eigenvalue weighted by atomic mass is 10.2. The molecule has 0 aliphatic rings. The van der Waals surface area contributed by atoms with Gasteiger partial charge < -0.3 is 11.1 Å². The van der Waals surface area contributed by atoms with Crippen molar-refractivity contribution in [3.8, 4) is 0 Å². The molecule has 0 bridgehead atoms. The van der Waals surface area contributed by atoms with Crippen LogP contribution in [-0.2, 0) is 0 Å². The minimum atomic E-state index is 0.265. The Kier molecular flexibility index (Phi) is 2.38. The van der Waals surface area contributed by atoms with Crippen molar-refractivity contribution in [2.75, 3.05) is 5.32 Å². The van der Waals surface area contributed by atoms with E-state index >= 15 is 0 Å². The third-order valence-corrected chi connectivity index (χ3v) is 1.40. The van der Waals surface area contributed by atoms with Gasteiger partial charge in [-0.25, -0.2) is 0 Å². The van der Waals surface area contributed by atoms with Crippen LogP contribution in [0.2, 0.25) is 0 Å². The Morgan fingerprint density at radius 3 is 3.00 bits per heavy atom. The van der Waals surface area contributed by atoms with Gasteiger partial charge in [-0.1, -0.05) is 0 Å². The first-order chi connectivity index (χ1) is 5.20. The zero-order chi connectivity index (χ0) is 8.27. The molecule has 0 aliphatic carbocycles. The van der Waals surface area contributed by atoms with Crippen molar-refractivity contribution in [2.24, 2.45) is 5.73 Å². The molecule has 3 nitrogen and oxygen atoms in total. The number of nitrogens with one attached hydrogen (secondary N) is 1. The number of aromatic nitrogens is 1. The molecule has 0 spiro atoms. The summed E-state index contributed by atoms with van der Waals surface area (Å²) in [6, 6.07) is 1.89. The number of thiocarbonyl (C=S) groups is 1. The van der Waals surface area contributed by atoms with E-state index in [1.807, 2.05) is 13.0 Å². The average Bonchev–Trinajstić information content (AvgIpc) is 1.93. The summed E-state index contributed by atoms with van der Waals surface area (Å²) >= 11 is 4.68. The van der Waals surface area contributed by atoms with Crippen LogP contribution < -0.4 is 11.1 Å². The maximum Gasteiger partial charge on any atom is 0.168 e. The van der Waals surface area contributed by atoms with E-state index < -0.39 is 0 Å². The summed E-state index contributed by atoms with van der Waals surface area (Å²) in [4.78, 5) is 3.92. The number of rotatable bonds is 1. The Hall–Kier alpha value is -1.16. The van der Waals surface area contributed by atoms with Gasteiger partial charge in [0.15, 0.2) is 5.11 Å². The Labute approximate surface area is 70.6 Å². The second-order valence-electron chi connectivity index (χ2n) is 2.18. The van der Waals surface area contributed by atoms with Crippen molar-refractivity contribution in [3.05, 3.63) is 24.0 Å². The van der Waals surface area contributed by atoms with Crippen molar-refractivity contribution >= 4 is 23.0 Å². The molecule has 0 saturated heterocycles. The molecule has 1 heterocycles. The summed E-state index contributed by atoms with van der Waals surface area (Å²) in [7, 11) is 0. The Bertz CT molecular complexity index is 272. The molecule has 1 aromatic rings. The van der Waals surface area contributed by atoms with Gasteiger partial charge in [-0.3, -0.25) is 4.98 Å². The molecule has 4 heteroatoms. The summed E-state index contributed by atoms with van der Waals surface area (Å²) in [5.74, 6) is 0. The molecule has 11 heavy (non-hydrogen) atoms. The quantitative estimate of drug-likeness (QED) is 0.614. The number of anilines is 1. The number of pyridine rings is 1. The molecular formula is C7H9N3S. The van der Waals surface area contributed by atoms with E-state index in [-0.39, 0.29) is 5.11 Å². The zero-order valence-corrected chi connectivity index (χ0v) is 6.98. The van der Waals surface area contributed by atoms with Gasteiger partial charge in [-0.15, -0.1) is 0 Å². The topological polar surface area (TPSA) is 50.9 Å². The van der Waals surface area contributed by atoms with Gasteiger partial charge in [0.1, 0.15) is 0 Å². The summed E-state index contributed by atoms with van der Waals surface area (Å²) in [6.07, 6.45) is 3.41. The maximum atomic E-state index is 5.29. The van der Waals surface area contributed by atoms with E-state index in [4.69, 9.17) is 5.73 Å². The smallest absolute Gasteiger partial charge is 0.168 e. The highest BCUT2D eigenvalue weighted by atomic mass is 32.1. The van der Waals surface area contributed by atoms with Gasteiger partial charge in [-0.2, -0.15) is 0 Å². The Morgan fingerprint density at radius 2 is 2.45 bits per heavy atom. The van der Waals surface area contributed by atoms with E-state index in [1.54, 1.807) is 12.4 Å². The number of nitrogens with zero attached hydrogens (tertiary/aromatic N) is 1. The van der Waals surface area contributed by atoms with Crippen molar-refractivity contribution in [1.82, 2.24) is 4.98 Å². The lowest BCUT2D eigenvalue weighted by molar-refractivity contribution is 1.28. The molecular weight excluding hydrogens is 158 g/mol. The van der Waals surface area contributed by atoms with Crippen LogP contribution in [0.25, 0.3) is 0 Å². The standard InChI is InChI=1S/C7H9N3S/c1-5-2-3-9-4-6(5)10-7(8)11/h2-4H,1H3,(H3,8,10,11). The molecule has 0 unspecified atom stereocenters. The average molecular weight is 167 g/mol. The number of hydrogen-bond acceptors (Lipinski definition) is 2. The van der Waals surface area contributed by atoms with Crippen LogP contribution in [0.5, 0.6) is 0 Å². The fraction of sp³-hybridized carbons (Fsp3) is 0.143. The molecule has 0 radical (unpaired) electrons. The van der Waals surface area contributed by atoms with Crippen LogP contribution in [0, 0.1) is 6.92 Å². The largest absolute Gasteiger partial charge is 0.376 e. The zero-order valence-electron chi connectivity index (χ0n) is 6.16. The fourth-order valence-electron chi connectivity index (χ4n) is 0.728. The van der Waals surface area contributed by atoms with Gasteiger partial charge in [0.2, 0.25) is 0 Å². The second kappa shape index (κ2) is 3.30. The predicted molar refractivity (Wildman–Crippen MR) is 49.4 cm³/mol. The lowest BCUT2D eigenvalue weighted by Crippen LogP contribution is -2.19. The Morgan fingerprint density at radius 1 is 1.73 bits per heavy atom. The van der Waals surface area contributed by atoms with Gasteiger partial charge in [0.05, 0.1) is 11.9 Å². The van der Waals surface area contributed by atoms with Gasteiger partial charge in [0.25, 0.3) is 0 Å². The number of aryl methyl sites for hydroxylation is 1. The predicted octanol–water partition coefficient (Wildman–Crippen LogP) is 1.05. The SMILES string of the molecule is Cc1ccncc1NC(N)=S. The molecule has 0 aliphatic heterocycles. The summed E-state index contributed by atoms with van der Waals surface area (Å²) in [5, 5.41) is 3.08. The maximum absolute atomic E-state index is 5.29. The minimum absolute atomic E-state index is 0.265. The third kappa shape index (κ3) is 2.16. The summed E-state index contributed by atoms with van der Waals surface area (Å²) < 4.78 is 0. The molecule has 0 fully saturated rings. The van der Waals surface area contributed by atoms with Crippen molar-refractivity contribution in [3.63, 3.8) is 0 Å². The molecule has 0 atom stereocenters. The first kappa shape index (κ1) is 7.94. The highest BCUT2D eigenvalue weighted by Gasteiger charge is 1.95. The summed E-state index contributed by atoms with van der Waals surface area (Å²) in [6.45, 7) is 1.96. The third-order valence-electron chi connectivity index (χ3n) is 1.30. The highest BCUT2D eigenvalue weighted by molar-refractivity contribution is 7.80. The van der Waals surface area contributed by atoms with Crippen LogP contribution >= 0.6 is 12.2 Å². The van der Waals surface area contributed by atoms with Crippen LogP contribution in [0.15, 0.2) is 18.5 Å². The second-order valence-corrected chi connectivity index (χ2v) is 2.62. The van der Waals surface area contributed by atoms with E-state index in [0.29, 0.717) is 0 Å². The molecule has 0 saturated carbocycles. The fourth-order valence-corrected chi connectivity index (χ4v) is 0.838. The molecule has 0 amide bonds. The van der Waals surface area contributed by atoms with Crippen LogP contribution in [0.1, 0.15) is 5.56 Å². The molecule has 3 N–H and O–H groups in total. The number of nitrogens with two attached hydrogens (primary N) is 1. The molecule has 0 aromatic carbocycles. The molecule has 58 valence electrons. The van der Waals surface area contributed by atoms with E-state index in [0.717, 1.165) is 11.3 Å². The van der Waals surface area contributed by atoms with E-state index in [2.05, 4.69) is 22.5 Å². The molecule has 1 aromatic heterocycles. The van der Waals surface area contributed by atoms with Crippen molar-refractivity contribution < 1.29 is 0 Å². The summed E-state index contributed by atoms with van der Waals surface area (Å²) in [5.41, 5.74) is 7.22.